The summed E-state index contributed by atoms with van der Waals surface area (Å²) in [4.78, 5) is 0. The van der Waals surface area contributed by atoms with Gasteiger partial charge >= 0.3 is 0 Å². The molecule has 0 atom stereocenters. The van der Waals surface area contributed by atoms with Gasteiger partial charge in [-0.1, -0.05) is 0 Å². The molecule has 0 fully saturated rings. The van der Waals surface area contributed by atoms with E-state index in [1.54, 1.807) is 6.07 Å². The number of nitrogens with one attached hydrogen (secondary N) is 1. The van der Waals surface area contributed by atoms with E-state index in [1.165, 1.54) is 0 Å². The normalized spacial score (nSPS) is 11.3. The molecule has 0 unspecified atom stereocenters. The Morgan fingerprint density at radius 2 is 2.06 bits per heavy atom. The maximum Gasteiger partial charge on any atom is 0.129 e. The number of aliphatic hydroxyl groups excluding tert-OH is 1. The molecule has 0 saturated carbocycles. The fraction of sp³-hybridized carbons (Fsp3) is 0.692. The third-order valence-corrected chi connectivity index (χ3v) is 2.37. The van der Waals surface area contributed by atoms with Crippen molar-refractivity contribution in [3.63, 3.8) is 0 Å². The molecular formula is C13H23NO3. The predicted molar refractivity (Wildman–Crippen MR) is 66.7 cm³/mol. The minimum absolute atomic E-state index is 0.0352. The quantitative estimate of drug-likeness (QED) is 0.650. The van der Waals surface area contributed by atoms with Gasteiger partial charge in [0, 0.05) is 6.61 Å². The second-order valence-corrected chi connectivity index (χ2v) is 4.33. The lowest BCUT2D eigenvalue weighted by molar-refractivity contribution is 0.0760. The predicted octanol–water partition coefficient (Wildman–Crippen LogP) is 2.07. The minimum atomic E-state index is -0.0352. The van der Waals surface area contributed by atoms with Crippen LogP contribution in [0.3, 0.4) is 0 Å². The minimum Gasteiger partial charge on any atom is -0.462 e. The third kappa shape index (κ3) is 6.46. The summed E-state index contributed by atoms with van der Waals surface area (Å²) in [6.45, 7) is 6.56. The first-order valence-electron chi connectivity index (χ1n) is 6.23. The molecule has 1 heterocycles. The van der Waals surface area contributed by atoms with Crippen molar-refractivity contribution in [2.75, 3.05) is 13.2 Å². The molecule has 4 nitrogen and oxygen atoms in total. The molecule has 0 aromatic carbocycles. The summed E-state index contributed by atoms with van der Waals surface area (Å²) in [5, 5.41) is 12.1. The molecule has 2 N–H and O–H groups in total. The summed E-state index contributed by atoms with van der Waals surface area (Å²) < 4.78 is 10.8. The maximum absolute atomic E-state index is 8.84. The zero-order chi connectivity index (χ0) is 12.5. The molecule has 1 rings (SSSR count). The monoisotopic (exact) mass is 241 g/mol. The van der Waals surface area contributed by atoms with Crippen LogP contribution < -0.4 is 5.32 Å². The number of ether oxygens (including phenoxy) is 1. The van der Waals surface area contributed by atoms with Crippen LogP contribution in [-0.4, -0.2) is 24.4 Å². The van der Waals surface area contributed by atoms with Gasteiger partial charge in [0.1, 0.15) is 18.1 Å². The molecule has 0 radical (unpaired) electrons. The summed E-state index contributed by atoms with van der Waals surface area (Å²) in [5.74, 6) is 1.49. The van der Waals surface area contributed by atoms with E-state index in [-0.39, 0.29) is 6.61 Å². The van der Waals surface area contributed by atoms with Gasteiger partial charge in [-0.2, -0.15) is 0 Å². The third-order valence-electron chi connectivity index (χ3n) is 2.37. The second-order valence-electron chi connectivity index (χ2n) is 4.33. The zero-order valence-corrected chi connectivity index (χ0v) is 10.7. The van der Waals surface area contributed by atoms with Crippen LogP contribution in [0.2, 0.25) is 0 Å². The number of aliphatic hydroxyl groups is 1. The highest BCUT2D eigenvalue weighted by atomic mass is 16.5. The highest BCUT2D eigenvalue weighted by Gasteiger charge is 2.00. The summed E-state index contributed by atoms with van der Waals surface area (Å²) in [5.41, 5.74) is 0. The number of hydrogen-bond donors (Lipinski definition) is 2. The fourth-order valence-electron chi connectivity index (χ4n) is 1.48. The number of furan rings is 1. The molecule has 1 aromatic heterocycles. The van der Waals surface area contributed by atoms with Crippen LogP contribution in [-0.2, 0) is 17.9 Å². The van der Waals surface area contributed by atoms with Gasteiger partial charge in [0.25, 0.3) is 0 Å². The summed E-state index contributed by atoms with van der Waals surface area (Å²) >= 11 is 0. The Balaban J connectivity index is 1.97. The fourth-order valence-corrected chi connectivity index (χ4v) is 1.48. The lowest BCUT2D eigenvalue weighted by Crippen LogP contribution is -2.15. The topological polar surface area (TPSA) is 54.6 Å². The zero-order valence-electron chi connectivity index (χ0n) is 10.7. The van der Waals surface area contributed by atoms with Crippen LogP contribution in [0.5, 0.6) is 0 Å². The van der Waals surface area contributed by atoms with Gasteiger partial charge in [-0.3, -0.25) is 0 Å². The first kappa shape index (κ1) is 14.2. The highest BCUT2D eigenvalue weighted by Crippen LogP contribution is 2.07. The van der Waals surface area contributed by atoms with Gasteiger partial charge in [0.2, 0.25) is 0 Å². The Hall–Kier alpha value is -0.840. The van der Waals surface area contributed by atoms with Crippen molar-refractivity contribution in [2.24, 2.45) is 0 Å². The summed E-state index contributed by atoms with van der Waals surface area (Å²) in [7, 11) is 0. The SMILES string of the molecule is CC(C)OCCCCNCc1ccc(CO)o1. The van der Waals surface area contributed by atoms with Crippen molar-refractivity contribution in [3.05, 3.63) is 23.7 Å². The van der Waals surface area contributed by atoms with Crippen LogP contribution in [0, 0.1) is 0 Å². The molecule has 0 aliphatic carbocycles. The molecule has 0 aliphatic rings. The van der Waals surface area contributed by atoms with Crippen molar-refractivity contribution < 1.29 is 14.3 Å². The Bertz CT molecular complexity index is 297. The molecule has 0 bridgehead atoms. The van der Waals surface area contributed by atoms with Crippen molar-refractivity contribution in [2.45, 2.75) is 45.9 Å². The largest absolute Gasteiger partial charge is 0.462 e. The second kappa shape index (κ2) is 8.28. The van der Waals surface area contributed by atoms with Gasteiger partial charge in [0.05, 0.1) is 12.6 Å². The van der Waals surface area contributed by atoms with E-state index in [0.717, 1.165) is 31.8 Å². The van der Waals surface area contributed by atoms with Crippen LogP contribution >= 0.6 is 0 Å². The van der Waals surface area contributed by atoms with Crippen molar-refractivity contribution in [1.82, 2.24) is 5.32 Å². The van der Waals surface area contributed by atoms with Crippen LogP contribution in [0.25, 0.3) is 0 Å². The van der Waals surface area contributed by atoms with Gasteiger partial charge in [-0.25, -0.2) is 0 Å². The van der Waals surface area contributed by atoms with Gasteiger partial charge in [-0.15, -0.1) is 0 Å². The molecule has 98 valence electrons. The average molecular weight is 241 g/mol. The van der Waals surface area contributed by atoms with E-state index in [9.17, 15) is 0 Å². The molecule has 1 aromatic rings. The van der Waals surface area contributed by atoms with E-state index in [0.29, 0.717) is 18.4 Å². The number of rotatable bonds is 9. The lowest BCUT2D eigenvalue weighted by atomic mass is 10.3. The molecule has 17 heavy (non-hydrogen) atoms. The molecule has 0 saturated heterocycles. The molecule has 4 heteroatoms. The molecular weight excluding hydrogens is 218 g/mol. The van der Waals surface area contributed by atoms with Gasteiger partial charge in [-0.05, 0) is 45.4 Å². The van der Waals surface area contributed by atoms with E-state index < -0.39 is 0 Å². The number of hydrogen-bond acceptors (Lipinski definition) is 4. The molecule has 0 spiro atoms. The van der Waals surface area contributed by atoms with Gasteiger partial charge in [0.15, 0.2) is 0 Å². The average Bonchev–Trinajstić information content (AvgIpc) is 2.75. The number of unbranched alkanes of at least 4 members (excludes halogenated alkanes) is 1. The standard InChI is InChI=1S/C13H23NO3/c1-11(2)16-8-4-3-7-14-9-12-5-6-13(10-15)17-12/h5-6,11,14-15H,3-4,7-10H2,1-2H3. The van der Waals surface area contributed by atoms with Crippen LogP contribution in [0.15, 0.2) is 16.5 Å². The Kier molecular flexibility index (Phi) is 6.93. The summed E-state index contributed by atoms with van der Waals surface area (Å²) in [6.07, 6.45) is 2.49. The molecule has 0 aliphatic heterocycles. The van der Waals surface area contributed by atoms with Gasteiger partial charge < -0.3 is 19.6 Å². The van der Waals surface area contributed by atoms with E-state index in [4.69, 9.17) is 14.3 Å². The summed E-state index contributed by atoms with van der Waals surface area (Å²) in [6, 6.07) is 3.69. The van der Waals surface area contributed by atoms with Crippen molar-refractivity contribution >= 4 is 0 Å². The Morgan fingerprint density at radius 3 is 2.71 bits per heavy atom. The van der Waals surface area contributed by atoms with Crippen LogP contribution in [0.4, 0.5) is 0 Å². The van der Waals surface area contributed by atoms with E-state index in [2.05, 4.69) is 5.32 Å². The van der Waals surface area contributed by atoms with Crippen molar-refractivity contribution in [1.29, 1.82) is 0 Å². The first-order valence-corrected chi connectivity index (χ1v) is 6.23. The highest BCUT2D eigenvalue weighted by molar-refractivity contribution is 5.05. The van der Waals surface area contributed by atoms with Crippen LogP contribution in [0.1, 0.15) is 38.2 Å². The first-order chi connectivity index (χ1) is 8.22. The Morgan fingerprint density at radius 1 is 1.29 bits per heavy atom. The molecule has 0 amide bonds. The van der Waals surface area contributed by atoms with Crippen molar-refractivity contribution in [3.8, 4) is 0 Å². The smallest absolute Gasteiger partial charge is 0.129 e. The Labute approximate surface area is 103 Å². The van der Waals surface area contributed by atoms with E-state index in [1.807, 2.05) is 19.9 Å². The maximum atomic E-state index is 8.84. The lowest BCUT2D eigenvalue weighted by Gasteiger charge is -2.07. The van der Waals surface area contributed by atoms with E-state index >= 15 is 0 Å².